The first-order valence-electron chi connectivity index (χ1n) is 7.74. The second-order valence-corrected chi connectivity index (χ2v) is 5.40. The summed E-state index contributed by atoms with van der Waals surface area (Å²) in [7, 11) is 3.73. The molecular weight excluding hydrogens is 354 g/mol. The highest BCUT2D eigenvalue weighted by molar-refractivity contribution is 5.85. The molecule has 8 nitrogen and oxygen atoms in total. The number of rotatable bonds is 7. The van der Waals surface area contributed by atoms with E-state index in [0.717, 1.165) is 5.56 Å². The van der Waals surface area contributed by atoms with E-state index in [0.29, 0.717) is 30.2 Å². The van der Waals surface area contributed by atoms with Crippen molar-refractivity contribution in [3.8, 4) is 0 Å². The molecule has 0 aliphatic carbocycles. The number of furan rings is 1. The number of halogens is 1. The van der Waals surface area contributed by atoms with E-state index in [2.05, 4.69) is 30.8 Å². The molecule has 2 heterocycles. The average Bonchev–Trinajstić information content (AvgIpc) is 3.14. The lowest BCUT2D eigenvalue weighted by Gasteiger charge is -2.13. The Morgan fingerprint density at radius 1 is 1.04 bits per heavy atom. The molecule has 3 rings (SSSR count). The molecule has 3 aromatic rings. The number of benzene rings is 1. The molecule has 136 valence electrons. The van der Waals surface area contributed by atoms with Crippen LogP contribution in [0.2, 0.25) is 0 Å². The molecule has 0 spiro atoms. The first kappa shape index (κ1) is 19.2. The molecule has 9 heteroatoms. The molecule has 0 fully saturated rings. The Labute approximate surface area is 157 Å². The van der Waals surface area contributed by atoms with Crippen molar-refractivity contribution < 1.29 is 4.42 Å². The summed E-state index contributed by atoms with van der Waals surface area (Å²) in [5, 5.41) is 7.28. The standard InChI is InChI=1S/C17H19N7O.ClH/c1-24(2)17-21-15(18-11-13-7-4-3-5-8-13)20-16(22-17)23-19-12-14-9-6-10-25-14;/h3-10,12H,11H2,1-2H3,(H2,18,20,21,22,23);1H/b19-12+;. The summed E-state index contributed by atoms with van der Waals surface area (Å²) in [6.07, 6.45) is 3.14. The van der Waals surface area contributed by atoms with Gasteiger partial charge in [-0.2, -0.15) is 20.1 Å². The fourth-order valence-corrected chi connectivity index (χ4v) is 1.99. The third-order valence-electron chi connectivity index (χ3n) is 3.22. The van der Waals surface area contributed by atoms with Crippen LogP contribution < -0.4 is 15.6 Å². The van der Waals surface area contributed by atoms with Crippen molar-refractivity contribution in [3.63, 3.8) is 0 Å². The third kappa shape index (κ3) is 5.45. The maximum absolute atomic E-state index is 5.18. The molecule has 0 atom stereocenters. The minimum atomic E-state index is 0. The van der Waals surface area contributed by atoms with Crippen LogP contribution in [-0.2, 0) is 6.54 Å². The van der Waals surface area contributed by atoms with Crippen LogP contribution >= 0.6 is 12.4 Å². The van der Waals surface area contributed by atoms with Gasteiger partial charge in [-0.05, 0) is 17.7 Å². The fourth-order valence-electron chi connectivity index (χ4n) is 1.99. The van der Waals surface area contributed by atoms with Gasteiger partial charge in [-0.3, -0.25) is 0 Å². The summed E-state index contributed by atoms with van der Waals surface area (Å²) in [6, 6.07) is 13.6. The van der Waals surface area contributed by atoms with E-state index in [1.165, 1.54) is 0 Å². The van der Waals surface area contributed by atoms with E-state index < -0.39 is 0 Å². The van der Waals surface area contributed by atoms with Crippen molar-refractivity contribution in [1.29, 1.82) is 0 Å². The van der Waals surface area contributed by atoms with E-state index in [4.69, 9.17) is 4.42 Å². The predicted octanol–water partition coefficient (Wildman–Crippen LogP) is 3.01. The van der Waals surface area contributed by atoms with Gasteiger partial charge >= 0.3 is 0 Å². The van der Waals surface area contributed by atoms with Crippen molar-refractivity contribution >= 4 is 36.5 Å². The van der Waals surface area contributed by atoms with E-state index in [9.17, 15) is 0 Å². The van der Waals surface area contributed by atoms with Gasteiger partial charge in [0.25, 0.3) is 0 Å². The quantitative estimate of drug-likeness (QED) is 0.485. The second-order valence-electron chi connectivity index (χ2n) is 5.40. The zero-order valence-corrected chi connectivity index (χ0v) is 15.3. The largest absolute Gasteiger partial charge is 0.463 e. The Morgan fingerprint density at radius 3 is 2.50 bits per heavy atom. The fraction of sp³-hybridized carbons (Fsp3) is 0.176. The van der Waals surface area contributed by atoms with E-state index in [-0.39, 0.29) is 12.4 Å². The normalized spacial score (nSPS) is 10.4. The Morgan fingerprint density at radius 2 is 1.81 bits per heavy atom. The summed E-state index contributed by atoms with van der Waals surface area (Å²) in [5.41, 5.74) is 3.94. The highest BCUT2D eigenvalue weighted by atomic mass is 35.5. The summed E-state index contributed by atoms with van der Waals surface area (Å²) in [6.45, 7) is 0.618. The Balaban J connectivity index is 0.00000243. The van der Waals surface area contributed by atoms with Crippen LogP contribution in [0.1, 0.15) is 11.3 Å². The molecule has 0 aliphatic rings. The van der Waals surface area contributed by atoms with Crippen molar-refractivity contribution in [2.24, 2.45) is 5.10 Å². The first-order valence-corrected chi connectivity index (χ1v) is 7.74. The van der Waals surface area contributed by atoms with Gasteiger partial charge in [0.05, 0.1) is 12.5 Å². The van der Waals surface area contributed by atoms with Crippen molar-refractivity contribution in [2.45, 2.75) is 6.54 Å². The highest BCUT2D eigenvalue weighted by Gasteiger charge is 2.07. The lowest BCUT2D eigenvalue weighted by atomic mass is 10.2. The van der Waals surface area contributed by atoms with Gasteiger partial charge in [-0.1, -0.05) is 30.3 Å². The first-order chi connectivity index (χ1) is 12.2. The lowest BCUT2D eigenvalue weighted by molar-refractivity contribution is 0.560. The minimum Gasteiger partial charge on any atom is -0.463 e. The van der Waals surface area contributed by atoms with Crippen molar-refractivity contribution in [3.05, 3.63) is 60.1 Å². The molecular formula is C17H20ClN7O. The van der Waals surface area contributed by atoms with Crippen LogP contribution in [0, 0.1) is 0 Å². The van der Waals surface area contributed by atoms with E-state index >= 15 is 0 Å². The van der Waals surface area contributed by atoms with Gasteiger partial charge in [0.15, 0.2) is 0 Å². The van der Waals surface area contributed by atoms with Crippen molar-refractivity contribution in [2.75, 3.05) is 29.7 Å². The minimum absolute atomic E-state index is 0. The molecule has 0 saturated carbocycles. The smallest absolute Gasteiger partial charge is 0.250 e. The Hall–Kier alpha value is -3.13. The number of hydrogen-bond donors (Lipinski definition) is 2. The maximum Gasteiger partial charge on any atom is 0.250 e. The summed E-state index contributed by atoms with van der Waals surface area (Å²) < 4.78 is 5.18. The summed E-state index contributed by atoms with van der Waals surface area (Å²) in [4.78, 5) is 14.8. The number of hydrazone groups is 1. The molecule has 0 aliphatic heterocycles. The van der Waals surface area contributed by atoms with Crippen LogP contribution in [0.25, 0.3) is 0 Å². The molecule has 1 aromatic carbocycles. The van der Waals surface area contributed by atoms with E-state index in [1.54, 1.807) is 29.5 Å². The molecule has 0 unspecified atom stereocenters. The number of nitrogens with zero attached hydrogens (tertiary/aromatic N) is 5. The summed E-state index contributed by atoms with van der Waals surface area (Å²) >= 11 is 0. The van der Waals surface area contributed by atoms with Gasteiger partial charge in [0.1, 0.15) is 5.76 Å². The predicted molar refractivity (Wildman–Crippen MR) is 105 cm³/mol. The van der Waals surface area contributed by atoms with Crippen LogP contribution in [0.5, 0.6) is 0 Å². The monoisotopic (exact) mass is 373 g/mol. The number of aromatic nitrogens is 3. The number of hydrogen-bond acceptors (Lipinski definition) is 8. The SMILES string of the molecule is CN(C)c1nc(NCc2ccccc2)nc(N/N=C/c2ccco2)n1.Cl. The van der Waals surface area contributed by atoms with Gasteiger partial charge in [-0.15, -0.1) is 12.4 Å². The highest BCUT2D eigenvalue weighted by Crippen LogP contribution is 2.12. The summed E-state index contributed by atoms with van der Waals surface area (Å²) in [5.74, 6) is 1.98. The van der Waals surface area contributed by atoms with Crippen LogP contribution in [0.15, 0.2) is 58.2 Å². The molecule has 0 amide bonds. The van der Waals surface area contributed by atoms with Crippen LogP contribution in [0.3, 0.4) is 0 Å². The van der Waals surface area contributed by atoms with E-state index in [1.807, 2.05) is 44.4 Å². The zero-order valence-electron chi connectivity index (χ0n) is 14.5. The topological polar surface area (TPSA) is 91.5 Å². The van der Waals surface area contributed by atoms with Crippen LogP contribution in [-0.4, -0.2) is 35.3 Å². The number of nitrogens with one attached hydrogen (secondary N) is 2. The zero-order chi connectivity index (χ0) is 17.5. The molecule has 0 bridgehead atoms. The van der Waals surface area contributed by atoms with Gasteiger partial charge < -0.3 is 14.6 Å². The number of anilines is 3. The Kier molecular flexibility index (Phi) is 6.92. The molecule has 26 heavy (non-hydrogen) atoms. The van der Waals surface area contributed by atoms with Crippen molar-refractivity contribution in [1.82, 2.24) is 15.0 Å². The van der Waals surface area contributed by atoms with Gasteiger partial charge in [0.2, 0.25) is 17.8 Å². The molecule has 0 radical (unpaired) electrons. The Bertz CT molecular complexity index is 822. The molecule has 2 aromatic heterocycles. The molecule has 0 saturated heterocycles. The van der Waals surface area contributed by atoms with Crippen LogP contribution in [0.4, 0.5) is 17.8 Å². The third-order valence-corrected chi connectivity index (χ3v) is 3.22. The second kappa shape index (κ2) is 9.38. The average molecular weight is 374 g/mol. The molecule has 2 N–H and O–H groups in total. The maximum atomic E-state index is 5.18. The van der Waals surface area contributed by atoms with Gasteiger partial charge in [-0.25, -0.2) is 5.43 Å². The van der Waals surface area contributed by atoms with Gasteiger partial charge in [0, 0.05) is 20.6 Å². The lowest BCUT2D eigenvalue weighted by Crippen LogP contribution is -2.16.